The summed E-state index contributed by atoms with van der Waals surface area (Å²) in [5, 5.41) is 0. The van der Waals surface area contributed by atoms with Crippen molar-refractivity contribution < 1.29 is 14.0 Å². The average Bonchev–Trinajstić information content (AvgIpc) is 2.16. The third kappa shape index (κ3) is 8.25. The van der Waals surface area contributed by atoms with E-state index < -0.39 is 9.76 Å². The lowest BCUT2D eigenvalue weighted by molar-refractivity contribution is -0.137. The van der Waals surface area contributed by atoms with Crippen molar-refractivity contribution in [2.24, 2.45) is 5.92 Å². The number of hydrogen-bond donors (Lipinski definition) is 0. The molecule has 0 aromatic heterocycles. The molecule has 0 bridgehead atoms. The van der Waals surface area contributed by atoms with Crippen molar-refractivity contribution >= 4 is 15.7 Å². The molecule has 0 aliphatic rings. The summed E-state index contributed by atoms with van der Waals surface area (Å²) in [6.07, 6.45) is 2.09. The zero-order chi connectivity index (χ0) is 10.8. The summed E-state index contributed by atoms with van der Waals surface area (Å²) < 4.78 is 10.5. The molecule has 0 aliphatic carbocycles. The van der Waals surface area contributed by atoms with E-state index in [2.05, 4.69) is 6.92 Å². The van der Waals surface area contributed by atoms with Crippen LogP contribution in [0.15, 0.2) is 0 Å². The Morgan fingerprint density at radius 2 is 2.07 bits per heavy atom. The first-order chi connectivity index (χ1) is 6.68. The third-order valence-corrected chi connectivity index (χ3v) is 3.02. The maximum atomic E-state index is 11.1. The maximum Gasteiger partial charge on any atom is 0.294 e. The molecule has 0 fully saturated rings. The quantitative estimate of drug-likeness (QED) is 0.457. The van der Waals surface area contributed by atoms with Crippen molar-refractivity contribution in [3.8, 4) is 0 Å². The summed E-state index contributed by atoms with van der Waals surface area (Å²) in [7, 11) is -0.643. The van der Waals surface area contributed by atoms with Crippen LogP contribution in [-0.4, -0.2) is 28.9 Å². The summed E-state index contributed by atoms with van der Waals surface area (Å²) >= 11 is 0. The molecule has 84 valence electrons. The lowest BCUT2D eigenvalue weighted by Gasteiger charge is -2.06. The molecule has 0 amide bonds. The largest absolute Gasteiger partial charge is 0.525 e. The summed E-state index contributed by atoms with van der Waals surface area (Å²) in [6.45, 7) is 7.47. The van der Waals surface area contributed by atoms with Gasteiger partial charge in [-0.1, -0.05) is 20.8 Å². The molecule has 0 saturated heterocycles. The van der Waals surface area contributed by atoms with Gasteiger partial charge in [0.05, 0.1) is 0 Å². The molecule has 0 radical (unpaired) electrons. The van der Waals surface area contributed by atoms with E-state index in [1.807, 2.05) is 13.8 Å². The lowest BCUT2D eigenvalue weighted by Crippen LogP contribution is -2.14. The van der Waals surface area contributed by atoms with Gasteiger partial charge in [-0.2, -0.15) is 0 Å². The Bertz CT molecular complexity index is 148. The van der Waals surface area contributed by atoms with Crippen LogP contribution >= 0.6 is 0 Å². The van der Waals surface area contributed by atoms with Gasteiger partial charge < -0.3 is 9.16 Å². The Labute approximate surface area is 89.1 Å². The van der Waals surface area contributed by atoms with E-state index in [0.717, 1.165) is 32.1 Å². The molecule has 3 nitrogen and oxygen atoms in total. The minimum absolute atomic E-state index is 0.0128. The molecule has 0 aromatic rings. The molecule has 0 rings (SSSR count). The number of carbonyl (C=O) groups is 1. The molecule has 4 heteroatoms. The first kappa shape index (κ1) is 13.6. The van der Waals surface area contributed by atoms with Crippen molar-refractivity contribution in [3.05, 3.63) is 0 Å². The van der Waals surface area contributed by atoms with Crippen LogP contribution in [0.25, 0.3) is 0 Å². The van der Waals surface area contributed by atoms with E-state index in [-0.39, 0.29) is 11.9 Å². The molecule has 0 heterocycles. The van der Waals surface area contributed by atoms with Gasteiger partial charge in [-0.15, -0.1) is 0 Å². The zero-order valence-electron chi connectivity index (χ0n) is 9.54. The monoisotopic (exact) mass is 218 g/mol. The zero-order valence-corrected chi connectivity index (χ0v) is 11.0. The highest BCUT2D eigenvalue weighted by Crippen LogP contribution is 1.97. The highest BCUT2D eigenvalue weighted by Gasteiger charge is 2.06. The smallest absolute Gasteiger partial charge is 0.294 e. The highest BCUT2D eigenvalue weighted by molar-refractivity contribution is 6.30. The van der Waals surface area contributed by atoms with E-state index in [1.165, 1.54) is 0 Å². The maximum absolute atomic E-state index is 11.1. The van der Waals surface area contributed by atoms with E-state index in [1.54, 1.807) is 0 Å². The second-order valence-corrected chi connectivity index (χ2v) is 5.05. The van der Waals surface area contributed by atoms with Crippen molar-refractivity contribution in [2.75, 3.05) is 13.2 Å². The van der Waals surface area contributed by atoms with Crippen LogP contribution < -0.4 is 0 Å². The molecule has 0 aliphatic heterocycles. The average molecular weight is 218 g/mol. The van der Waals surface area contributed by atoms with Crippen LogP contribution in [0.5, 0.6) is 0 Å². The molecule has 14 heavy (non-hydrogen) atoms. The van der Waals surface area contributed by atoms with Gasteiger partial charge in [0.25, 0.3) is 5.97 Å². The molecule has 0 unspecified atom stereocenters. The second kappa shape index (κ2) is 9.21. The Kier molecular flexibility index (Phi) is 8.98. The fraction of sp³-hybridized carbons (Fsp3) is 0.900. The molecular formula is C10H22O3Si. The third-order valence-electron chi connectivity index (χ3n) is 1.75. The van der Waals surface area contributed by atoms with Gasteiger partial charge in [-0.25, -0.2) is 0 Å². The van der Waals surface area contributed by atoms with Crippen LogP contribution in [0.2, 0.25) is 6.04 Å². The lowest BCUT2D eigenvalue weighted by atomic mass is 10.2. The molecular weight excluding hydrogens is 196 g/mol. The Morgan fingerprint density at radius 1 is 1.36 bits per heavy atom. The van der Waals surface area contributed by atoms with Crippen molar-refractivity contribution in [2.45, 2.75) is 39.7 Å². The predicted octanol–water partition coefficient (Wildman–Crippen LogP) is 1.50. The van der Waals surface area contributed by atoms with Gasteiger partial charge in [0.15, 0.2) is 0 Å². The number of rotatable bonds is 8. The second-order valence-electron chi connectivity index (χ2n) is 3.64. The van der Waals surface area contributed by atoms with Gasteiger partial charge in [0.1, 0.15) is 0 Å². The first-order valence-corrected chi connectivity index (χ1v) is 7.00. The number of ether oxygens (including phenoxy) is 1. The van der Waals surface area contributed by atoms with Crippen LogP contribution in [0.4, 0.5) is 0 Å². The van der Waals surface area contributed by atoms with Crippen LogP contribution in [0.1, 0.15) is 33.6 Å². The molecule has 0 aromatic carbocycles. The summed E-state index contributed by atoms with van der Waals surface area (Å²) in [5.41, 5.74) is 0. The van der Waals surface area contributed by atoms with E-state index in [4.69, 9.17) is 9.16 Å². The minimum atomic E-state index is -0.643. The van der Waals surface area contributed by atoms with Gasteiger partial charge in [-0.05, 0) is 18.9 Å². The van der Waals surface area contributed by atoms with E-state index in [9.17, 15) is 4.79 Å². The Balaban J connectivity index is 3.10. The van der Waals surface area contributed by atoms with Crippen molar-refractivity contribution in [3.63, 3.8) is 0 Å². The molecule has 0 atom stereocenters. The van der Waals surface area contributed by atoms with Gasteiger partial charge in [0.2, 0.25) is 9.76 Å². The topological polar surface area (TPSA) is 35.5 Å². The SMILES string of the molecule is CCCOCCC[SiH2]OC(=O)C(C)C. The normalized spacial score (nSPS) is 11.4. The van der Waals surface area contributed by atoms with Gasteiger partial charge in [0, 0.05) is 19.1 Å². The summed E-state index contributed by atoms with van der Waals surface area (Å²) in [5.74, 6) is -0.0371. The number of carbonyl (C=O) groups excluding carboxylic acids is 1. The van der Waals surface area contributed by atoms with E-state index >= 15 is 0 Å². The first-order valence-electron chi connectivity index (χ1n) is 5.42. The standard InChI is InChI=1S/C10H22O3Si/c1-4-6-12-7-5-8-14-13-10(11)9(2)3/h9H,4-8,14H2,1-3H3. The highest BCUT2D eigenvalue weighted by atomic mass is 28.2. The van der Waals surface area contributed by atoms with Gasteiger partial charge >= 0.3 is 0 Å². The van der Waals surface area contributed by atoms with Crippen molar-refractivity contribution in [1.82, 2.24) is 0 Å². The van der Waals surface area contributed by atoms with Gasteiger partial charge in [-0.3, -0.25) is 4.79 Å². The van der Waals surface area contributed by atoms with Crippen LogP contribution in [-0.2, 0) is 14.0 Å². The fourth-order valence-electron chi connectivity index (χ4n) is 0.892. The van der Waals surface area contributed by atoms with Crippen LogP contribution in [0.3, 0.4) is 0 Å². The molecule has 0 saturated carbocycles. The van der Waals surface area contributed by atoms with E-state index in [0.29, 0.717) is 0 Å². The van der Waals surface area contributed by atoms with Crippen molar-refractivity contribution in [1.29, 1.82) is 0 Å². The molecule has 0 N–H and O–H groups in total. The Hall–Kier alpha value is -0.353. The summed E-state index contributed by atoms with van der Waals surface area (Å²) in [6, 6.07) is 1.03. The Morgan fingerprint density at radius 3 is 2.64 bits per heavy atom. The predicted molar refractivity (Wildman–Crippen MR) is 60.0 cm³/mol. The molecule has 0 spiro atoms. The fourth-order valence-corrected chi connectivity index (χ4v) is 1.98. The summed E-state index contributed by atoms with van der Waals surface area (Å²) in [4.78, 5) is 11.1. The van der Waals surface area contributed by atoms with Crippen LogP contribution in [0, 0.1) is 5.92 Å². The number of hydrogen-bond acceptors (Lipinski definition) is 3. The minimum Gasteiger partial charge on any atom is -0.525 e.